The Hall–Kier alpha value is -1.30. The number of carbonyl (C=O) groups excluding carboxylic acids is 1. The van der Waals surface area contributed by atoms with Gasteiger partial charge < -0.3 is 11.1 Å². The number of nitrogens with one attached hydrogen (secondary N) is 1. The highest BCUT2D eigenvalue weighted by Crippen LogP contribution is 2.29. The van der Waals surface area contributed by atoms with Gasteiger partial charge >= 0.3 is 0 Å². The number of nitrogens with two attached hydrogens (primary N) is 1. The number of nitrogen functional groups attached to an aromatic ring is 1. The summed E-state index contributed by atoms with van der Waals surface area (Å²) in [6.45, 7) is 3.84. The van der Waals surface area contributed by atoms with E-state index in [1.807, 2.05) is 13.8 Å². The van der Waals surface area contributed by atoms with Crippen LogP contribution in [-0.2, 0) is 0 Å². The van der Waals surface area contributed by atoms with Crippen LogP contribution in [0.5, 0.6) is 0 Å². The van der Waals surface area contributed by atoms with Crippen molar-refractivity contribution in [2.24, 2.45) is 0 Å². The summed E-state index contributed by atoms with van der Waals surface area (Å²) in [5, 5.41) is 4.22. The number of thiazole rings is 1. The molecular formula is C13H13Cl2N3OS. The number of aromatic nitrogens is 1. The molecule has 20 heavy (non-hydrogen) atoms. The van der Waals surface area contributed by atoms with Crippen LogP contribution in [0, 0.1) is 6.92 Å². The number of hydrogen-bond acceptors (Lipinski definition) is 4. The van der Waals surface area contributed by atoms with Crippen molar-refractivity contribution >= 4 is 46.1 Å². The maximum absolute atomic E-state index is 12.2. The van der Waals surface area contributed by atoms with Gasteiger partial charge in [-0.3, -0.25) is 4.79 Å². The van der Waals surface area contributed by atoms with Crippen molar-refractivity contribution in [3.05, 3.63) is 43.8 Å². The minimum absolute atomic E-state index is 0.183. The van der Waals surface area contributed by atoms with E-state index in [0.29, 0.717) is 5.56 Å². The molecule has 0 saturated heterocycles. The second-order valence-electron chi connectivity index (χ2n) is 4.37. The number of halogens is 2. The highest BCUT2D eigenvalue weighted by molar-refractivity contribution is 7.11. The first-order valence-corrected chi connectivity index (χ1v) is 7.43. The van der Waals surface area contributed by atoms with Crippen molar-refractivity contribution < 1.29 is 4.79 Å². The Bertz CT molecular complexity index is 634. The van der Waals surface area contributed by atoms with Gasteiger partial charge in [0.25, 0.3) is 5.91 Å². The van der Waals surface area contributed by atoms with Crippen LogP contribution in [0.25, 0.3) is 0 Å². The predicted octanol–water partition coefficient (Wildman–Crippen LogP) is 3.83. The van der Waals surface area contributed by atoms with Gasteiger partial charge in [-0.05, 0) is 26.0 Å². The molecule has 1 unspecified atom stereocenters. The maximum atomic E-state index is 12.2. The first-order valence-electron chi connectivity index (χ1n) is 5.86. The molecule has 0 spiro atoms. The largest absolute Gasteiger partial charge is 0.397 e. The molecule has 0 aliphatic rings. The molecule has 3 N–H and O–H groups in total. The standard InChI is InChI=1S/C13H13Cl2N3OS/c1-6-5-17-13(20-6)7(2)18-12(19)8-3-9(14)11(15)10(16)4-8/h3-5,7H,16H2,1-2H3,(H,18,19). The molecule has 0 aliphatic heterocycles. The zero-order valence-corrected chi connectivity index (χ0v) is 13.2. The molecule has 2 aromatic rings. The molecule has 0 saturated carbocycles. The zero-order valence-electron chi connectivity index (χ0n) is 10.9. The highest BCUT2D eigenvalue weighted by atomic mass is 35.5. The Labute approximate surface area is 130 Å². The fourth-order valence-electron chi connectivity index (χ4n) is 1.66. The summed E-state index contributed by atoms with van der Waals surface area (Å²) in [4.78, 5) is 17.5. The van der Waals surface area contributed by atoms with Crippen LogP contribution in [0.1, 0.15) is 33.2 Å². The van der Waals surface area contributed by atoms with E-state index in [1.165, 1.54) is 12.1 Å². The number of aryl methyl sites for hydroxylation is 1. The van der Waals surface area contributed by atoms with Crippen molar-refractivity contribution in [1.29, 1.82) is 0 Å². The zero-order chi connectivity index (χ0) is 14.9. The van der Waals surface area contributed by atoms with Crippen LogP contribution in [-0.4, -0.2) is 10.9 Å². The average Bonchev–Trinajstić information content (AvgIpc) is 2.82. The van der Waals surface area contributed by atoms with Crippen LogP contribution < -0.4 is 11.1 Å². The Balaban J connectivity index is 2.16. The van der Waals surface area contributed by atoms with Gasteiger partial charge in [0.2, 0.25) is 0 Å². The maximum Gasteiger partial charge on any atom is 0.251 e. The van der Waals surface area contributed by atoms with E-state index in [4.69, 9.17) is 28.9 Å². The number of nitrogens with zero attached hydrogens (tertiary/aromatic N) is 1. The van der Waals surface area contributed by atoms with Crippen molar-refractivity contribution in [2.45, 2.75) is 19.9 Å². The van der Waals surface area contributed by atoms with E-state index in [-0.39, 0.29) is 27.7 Å². The minimum atomic E-state index is -0.268. The Kier molecular flexibility index (Phi) is 4.52. The van der Waals surface area contributed by atoms with E-state index >= 15 is 0 Å². The van der Waals surface area contributed by atoms with Crippen LogP contribution in [0.3, 0.4) is 0 Å². The Morgan fingerprint density at radius 3 is 2.70 bits per heavy atom. The summed E-state index contributed by atoms with van der Waals surface area (Å²) in [6, 6.07) is 2.82. The second kappa shape index (κ2) is 5.99. The lowest BCUT2D eigenvalue weighted by molar-refractivity contribution is 0.0940. The lowest BCUT2D eigenvalue weighted by atomic mass is 10.1. The van der Waals surface area contributed by atoms with E-state index in [9.17, 15) is 4.79 Å². The Morgan fingerprint density at radius 2 is 2.15 bits per heavy atom. The van der Waals surface area contributed by atoms with Crippen LogP contribution in [0.4, 0.5) is 5.69 Å². The number of anilines is 1. The third-order valence-electron chi connectivity index (χ3n) is 2.68. The van der Waals surface area contributed by atoms with Crippen molar-refractivity contribution in [2.75, 3.05) is 5.73 Å². The fraction of sp³-hybridized carbons (Fsp3) is 0.231. The Morgan fingerprint density at radius 1 is 1.45 bits per heavy atom. The van der Waals surface area contributed by atoms with E-state index in [2.05, 4.69) is 10.3 Å². The lowest BCUT2D eigenvalue weighted by Gasteiger charge is -2.12. The van der Waals surface area contributed by atoms with Gasteiger partial charge in [-0.2, -0.15) is 0 Å². The van der Waals surface area contributed by atoms with Crippen molar-refractivity contribution in [3.63, 3.8) is 0 Å². The first kappa shape index (κ1) is 15.1. The molecule has 1 aromatic carbocycles. The number of carbonyl (C=O) groups is 1. The van der Waals surface area contributed by atoms with Gasteiger partial charge in [-0.1, -0.05) is 23.2 Å². The molecule has 1 atom stereocenters. The summed E-state index contributed by atoms with van der Waals surface area (Å²) in [6.07, 6.45) is 1.78. The smallest absolute Gasteiger partial charge is 0.251 e. The molecule has 0 fully saturated rings. The van der Waals surface area contributed by atoms with Gasteiger partial charge in [0.1, 0.15) is 5.01 Å². The second-order valence-corrected chi connectivity index (χ2v) is 6.42. The third-order valence-corrected chi connectivity index (χ3v) is 4.59. The fourth-order valence-corrected chi connectivity index (χ4v) is 2.77. The highest BCUT2D eigenvalue weighted by Gasteiger charge is 2.16. The van der Waals surface area contributed by atoms with E-state index in [0.717, 1.165) is 9.88 Å². The molecule has 0 bridgehead atoms. The monoisotopic (exact) mass is 329 g/mol. The van der Waals surface area contributed by atoms with Crippen LogP contribution >= 0.6 is 34.5 Å². The SMILES string of the molecule is Cc1cnc(C(C)NC(=O)c2cc(N)c(Cl)c(Cl)c2)s1. The number of rotatable bonds is 3. The quantitative estimate of drug-likeness (QED) is 0.841. The molecule has 106 valence electrons. The molecule has 1 amide bonds. The topological polar surface area (TPSA) is 68.0 Å². The molecule has 2 rings (SSSR count). The molecule has 1 aromatic heterocycles. The van der Waals surface area contributed by atoms with E-state index < -0.39 is 0 Å². The normalized spacial score (nSPS) is 12.2. The summed E-state index contributed by atoms with van der Waals surface area (Å²) in [5.74, 6) is -0.268. The number of benzene rings is 1. The van der Waals surface area contributed by atoms with E-state index in [1.54, 1.807) is 17.5 Å². The van der Waals surface area contributed by atoms with Crippen LogP contribution in [0.2, 0.25) is 10.0 Å². The molecule has 4 nitrogen and oxygen atoms in total. The molecule has 7 heteroatoms. The van der Waals surface area contributed by atoms with Crippen LogP contribution in [0.15, 0.2) is 18.3 Å². The van der Waals surface area contributed by atoms with Crippen molar-refractivity contribution in [1.82, 2.24) is 10.3 Å². The predicted molar refractivity (Wildman–Crippen MR) is 83.6 cm³/mol. The summed E-state index contributed by atoms with van der Waals surface area (Å²) in [7, 11) is 0. The number of amides is 1. The summed E-state index contributed by atoms with van der Waals surface area (Å²) < 4.78 is 0. The minimum Gasteiger partial charge on any atom is -0.397 e. The van der Waals surface area contributed by atoms with Gasteiger partial charge in [0, 0.05) is 16.6 Å². The molecule has 1 heterocycles. The summed E-state index contributed by atoms with van der Waals surface area (Å²) in [5.41, 5.74) is 6.35. The molecular weight excluding hydrogens is 317 g/mol. The molecule has 0 aliphatic carbocycles. The van der Waals surface area contributed by atoms with Crippen molar-refractivity contribution in [3.8, 4) is 0 Å². The van der Waals surface area contributed by atoms with Gasteiger partial charge in [0.15, 0.2) is 0 Å². The van der Waals surface area contributed by atoms with Gasteiger partial charge in [0.05, 0.1) is 21.8 Å². The lowest BCUT2D eigenvalue weighted by Crippen LogP contribution is -2.26. The average molecular weight is 330 g/mol. The number of hydrogen-bond donors (Lipinski definition) is 2. The first-order chi connectivity index (χ1) is 9.38. The third kappa shape index (κ3) is 3.23. The summed E-state index contributed by atoms with van der Waals surface area (Å²) >= 11 is 13.3. The van der Waals surface area contributed by atoms with Gasteiger partial charge in [-0.15, -0.1) is 11.3 Å². The van der Waals surface area contributed by atoms with Gasteiger partial charge in [-0.25, -0.2) is 4.98 Å². The molecule has 0 radical (unpaired) electrons.